The summed E-state index contributed by atoms with van der Waals surface area (Å²) in [6, 6.07) is 0.279. The lowest BCUT2D eigenvalue weighted by atomic mass is 10.2. The second-order valence-electron chi connectivity index (χ2n) is 7.21. The van der Waals surface area contributed by atoms with Crippen molar-refractivity contribution in [2.24, 2.45) is 10.9 Å². The lowest BCUT2D eigenvalue weighted by Gasteiger charge is -2.39. The Kier molecular flexibility index (Phi) is 4.64. The zero-order chi connectivity index (χ0) is 15.6. The van der Waals surface area contributed by atoms with E-state index in [1.54, 1.807) is 4.90 Å². The van der Waals surface area contributed by atoms with Crippen molar-refractivity contribution in [3.05, 3.63) is 0 Å². The average molecular weight is 296 g/mol. The molecule has 120 valence electrons. The molecule has 0 aromatic carbocycles. The number of carbonyl (C=O) groups is 1. The van der Waals surface area contributed by atoms with E-state index in [4.69, 9.17) is 4.74 Å². The normalized spacial score (nSPS) is 22.2. The topological polar surface area (TPSA) is 57.2 Å². The number of nitrogens with one attached hydrogen (secondary N) is 1. The van der Waals surface area contributed by atoms with Crippen LogP contribution < -0.4 is 5.32 Å². The van der Waals surface area contributed by atoms with Crippen molar-refractivity contribution in [3.63, 3.8) is 0 Å². The van der Waals surface area contributed by atoms with Crippen molar-refractivity contribution in [2.45, 2.75) is 46.3 Å². The molecule has 0 bridgehead atoms. The summed E-state index contributed by atoms with van der Waals surface area (Å²) in [6.07, 6.45) is -0.217. The largest absolute Gasteiger partial charge is 0.444 e. The second-order valence-corrected chi connectivity index (χ2v) is 7.21. The smallest absolute Gasteiger partial charge is 0.410 e. The van der Waals surface area contributed by atoms with E-state index >= 15 is 0 Å². The maximum atomic E-state index is 12.1. The molecular weight excluding hydrogens is 268 g/mol. The first kappa shape index (κ1) is 15.9. The Bertz CT molecular complexity index is 414. The summed E-state index contributed by atoms with van der Waals surface area (Å²) in [5, 5.41) is 3.40. The predicted molar refractivity (Wildman–Crippen MR) is 83.4 cm³/mol. The zero-order valence-corrected chi connectivity index (χ0v) is 13.8. The molecule has 2 rings (SSSR count). The third kappa shape index (κ3) is 4.25. The molecule has 1 fully saturated rings. The molecule has 0 unspecified atom stereocenters. The molecule has 1 saturated heterocycles. The van der Waals surface area contributed by atoms with Gasteiger partial charge in [-0.1, -0.05) is 13.8 Å². The Morgan fingerprint density at radius 1 is 1.43 bits per heavy atom. The minimum atomic E-state index is -0.440. The van der Waals surface area contributed by atoms with Gasteiger partial charge in [-0.3, -0.25) is 4.99 Å². The molecule has 0 radical (unpaired) electrons. The van der Waals surface area contributed by atoms with Crippen LogP contribution in [0.4, 0.5) is 4.79 Å². The van der Waals surface area contributed by atoms with Gasteiger partial charge in [0.1, 0.15) is 5.60 Å². The van der Waals surface area contributed by atoms with Crippen LogP contribution >= 0.6 is 0 Å². The van der Waals surface area contributed by atoms with Gasteiger partial charge in [-0.2, -0.15) is 0 Å². The molecule has 2 aliphatic heterocycles. The van der Waals surface area contributed by atoms with Gasteiger partial charge < -0.3 is 19.9 Å². The summed E-state index contributed by atoms with van der Waals surface area (Å²) >= 11 is 0. The number of amides is 1. The van der Waals surface area contributed by atoms with Crippen LogP contribution in [0.25, 0.3) is 0 Å². The first-order chi connectivity index (χ1) is 9.76. The van der Waals surface area contributed by atoms with E-state index in [-0.39, 0.29) is 12.1 Å². The monoisotopic (exact) mass is 296 g/mol. The molecule has 6 nitrogen and oxygen atoms in total. The molecule has 0 aromatic heterocycles. The highest BCUT2D eigenvalue weighted by Crippen LogP contribution is 2.18. The predicted octanol–water partition coefficient (Wildman–Crippen LogP) is 1.52. The van der Waals surface area contributed by atoms with Crippen LogP contribution in [0.2, 0.25) is 0 Å². The lowest BCUT2D eigenvalue weighted by molar-refractivity contribution is 0.0137. The zero-order valence-electron chi connectivity index (χ0n) is 13.8. The molecule has 2 aliphatic rings. The highest BCUT2D eigenvalue weighted by Gasteiger charge is 2.36. The summed E-state index contributed by atoms with van der Waals surface area (Å²) in [4.78, 5) is 20.8. The summed E-state index contributed by atoms with van der Waals surface area (Å²) in [6.45, 7) is 13.9. The van der Waals surface area contributed by atoms with Gasteiger partial charge in [0.2, 0.25) is 0 Å². The standard InChI is InChI=1S/C15H28N4O2/c1-11(2)8-16-13-17-9-12-10-18(6-7-19(12)13)14(20)21-15(3,4)5/h11-12H,6-10H2,1-5H3,(H,16,17)/t12-/m0/s1. The van der Waals surface area contributed by atoms with Gasteiger partial charge in [-0.05, 0) is 26.7 Å². The molecule has 1 N–H and O–H groups in total. The number of fused-ring (bicyclic) bond motifs is 1. The number of aliphatic imine (C=N–C) groups is 1. The number of rotatable bonds is 2. The van der Waals surface area contributed by atoms with E-state index in [2.05, 4.69) is 29.1 Å². The van der Waals surface area contributed by atoms with E-state index in [0.717, 1.165) is 25.6 Å². The number of carbonyl (C=O) groups excluding carboxylic acids is 1. The Balaban J connectivity index is 1.86. The lowest BCUT2D eigenvalue weighted by Crippen LogP contribution is -2.57. The van der Waals surface area contributed by atoms with E-state index in [1.807, 2.05) is 20.8 Å². The van der Waals surface area contributed by atoms with Crippen LogP contribution in [0.15, 0.2) is 4.99 Å². The van der Waals surface area contributed by atoms with Crippen molar-refractivity contribution in [1.29, 1.82) is 0 Å². The molecule has 0 aromatic rings. The van der Waals surface area contributed by atoms with E-state index < -0.39 is 5.60 Å². The van der Waals surface area contributed by atoms with Crippen LogP contribution in [-0.4, -0.2) is 66.2 Å². The first-order valence-corrected chi connectivity index (χ1v) is 7.79. The molecule has 6 heteroatoms. The number of hydrogen-bond donors (Lipinski definition) is 1. The molecule has 21 heavy (non-hydrogen) atoms. The Morgan fingerprint density at radius 2 is 2.14 bits per heavy atom. The van der Waals surface area contributed by atoms with Crippen LogP contribution in [-0.2, 0) is 4.74 Å². The maximum Gasteiger partial charge on any atom is 0.410 e. The third-order valence-electron chi connectivity index (χ3n) is 3.53. The molecule has 2 heterocycles. The summed E-state index contributed by atoms with van der Waals surface area (Å²) in [5.41, 5.74) is -0.440. The van der Waals surface area contributed by atoms with Gasteiger partial charge >= 0.3 is 6.09 Å². The van der Waals surface area contributed by atoms with Crippen LogP contribution in [0.5, 0.6) is 0 Å². The van der Waals surface area contributed by atoms with Gasteiger partial charge in [0, 0.05) is 26.2 Å². The second kappa shape index (κ2) is 6.12. The Labute approximate surface area is 127 Å². The van der Waals surface area contributed by atoms with E-state index in [0.29, 0.717) is 19.0 Å². The minimum absolute atomic E-state index is 0.217. The third-order valence-corrected chi connectivity index (χ3v) is 3.53. The Hall–Kier alpha value is -1.46. The number of hydrogen-bond acceptors (Lipinski definition) is 5. The van der Waals surface area contributed by atoms with Crippen LogP contribution in [0.3, 0.4) is 0 Å². The number of ether oxygens (including phenoxy) is 1. The van der Waals surface area contributed by atoms with E-state index in [1.165, 1.54) is 0 Å². The SMILES string of the molecule is CC(C)CNC1=NC[C@H]2CN(C(=O)OC(C)(C)C)CCN12. The molecular formula is C15H28N4O2. The van der Waals surface area contributed by atoms with Crippen molar-refractivity contribution < 1.29 is 9.53 Å². The molecule has 1 amide bonds. The highest BCUT2D eigenvalue weighted by molar-refractivity contribution is 5.82. The maximum absolute atomic E-state index is 12.1. The van der Waals surface area contributed by atoms with E-state index in [9.17, 15) is 4.79 Å². The summed E-state index contributed by atoms with van der Waals surface area (Å²) in [7, 11) is 0. The number of guanidine groups is 1. The minimum Gasteiger partial charge on any atom is -0.444 e. The fraction of sp³-hybridized carbons (Fsp3) is 0.867. The quantitative estimate of drug-likeness (QED) is 0.839. The van der Waals surface area contributed by atoms with Crippen molar-refractivity contribution in [3.8, 4) is 0 Å². The molecule has 0 aliphatic carbocycles. The fourth-order valence-electron chi connectivity index (χ4n) is 2.52. The summed E-state index contributed by atoms with van der Waals surface area (Å²) < 4.78 is 5.45. The molecule has 0 saturated carbocycles. The first-order valence-electron chi connectivity index (χ1n) is 7.79. The van der Waals surface area contributed by atoms with Gasteiger partial charge in [0.15, 0.2) is 5.96 Å². The van der Waals surface area contributed by atoms with Gasteiger partial charge in [0.25, 0.3) is 0 Å². The van der Waals surface area contributed by atoms with Crippen molar-refractivity contribution in [2.75, 3.05) is 32.7 Å². The molecule has 0 spiro atoms. The number of nitrogens with zero attached hydrogens (tertiary/aromatic N) is 3. The van der Waals surface area contributed by atoms with Crippen molar-refractivity contribution in [1.82, 2.24) is 15.1 Å². The van der Waals surface area contributed by atoms with Crippen molar-refractivity contribution >= 4 is 12.1 Å². The Morgan fingerprint density at radius 3 is 2.76 bits per heavy atom. The fourth-order valence-corrected chi connectivity index (χ4v) is 2.52. The van der Waals surface area contributed by atoms with Gasteiger partial charge in [-0.15, -0.1) is 0 Å². The van der Waals surface area contributed by atoms with Crippen LogP contribution in [0.1, 0.15) is 34.6 Å². The van der Waals surface area contributed by atoms with Gasteiger partial charge in [-0.25, -0.2) is 4.79 Å². The number of piperazine rings is 1. The summed E-state index contributed by atoms with van der Waals surface area (Å²) in [5.74, 6) is 1.58. The molecule has 1 atom stereocenters. The van der Waals surface area contributed by atoms with Gasteiger partial charge in [0.05, 0.1) is 12.6 Å². The average Bonchev–Trinajstić information content (AvgIpc) is 2.76. The highest BCUT2D eigenvalue weighted by atomic mass is 16.6. The van der Waals surface area contributed by atoms with Crippen LogP contribution in [0, 0.1) is 5.92 Å².